The second-order valence-electron chi connectivity index (χ2n) is 32.7. The summed E-state index contributed by atoms with van der Waals surface area (Å²) in [5.41, 5.74) is 19.5. The van der Waals surface area contributed by atoms with Crippen molar-refractivity contribution in [2.75, 3.05) is 24.8 Å². The third-order valence-electron chi connectivity index (χ3n) is 25.8. The van der Waals surface area contributed by atoms with E-state index in [0.29, 0.717) is 12.5 Å². The van der Waals surface area contributed by atoms with Crippen molar-refractivity contribution in [3.8, 4) is 0 Å². The van der Waals surface area contributed by atoms with E-state index in [2.05, 4.69) is 97.1 Å². The van der Waals surface area contributed by atoms with Gasteiger partial charge in [-0.2, -0.15) is 0 Å². The number of hydrogen-bond donors (Lipinski definition) is 2. The van der Waals surface area contributed by atoms with E-state index in [0.717, 1.165) is 117 Å². The molecule has 0 aliphatic heterocycles. The topological polar surface area (TPSA) is 166 Å². The SMILES string of the molecule is CS(=O)(=O)[O-].CS(=O)(=O)[O-].NC1(CCCCP(C23CC4CC(CC(C4)C2)C3)C23CC4CC(CC(C4)C2)C3)CC=CC=C1c1ccccc1.NC1(CCCCP(C23CC4CC(CC(C4)C2)C3)C23CC4CC(CC(C4)C2)C3)CC=CC=C1c1ccccc1.[Pd+2]. The molecule has 0 heterocycles. The summed E-state index contributed by atoms with van der Waals surface area (Å²) >= 11 is 0. The van der Waals surface area contributed by atoms with Crippen LogP contribution in [0.2, 0.25) is 0 Å². The fourth-order valence-corrected chi connectivity index (χ4v) is 35.6. The number of allylic oxidation sites excluding steroid dienone is 4. The van der Waals surface area contributed by atoms with E-state index in [1.54, 1.807) is 166 Å². The normalized spacial score (nSPS) is 42.3. The van der Waals surface area contributed by atoms with Gasteiger partial charge in [-0.15, -0.1) is 0 Å². The molecule has 480 valence electrons. The first-order valence-corrected chi connectivity index (χ1v) is 41.5. The van der Waals surface area contributed by atoms with Gasteiger partial charge in [0.25, 0.3) is 0 Å². The average molecular weight is 1350 g/mol. The zero-order valence-corrected chi connectivity index (χ0v) is 57.8. The Morgan fingerprint density at radius 3 is 0.839 bits per heavy atom. The first kappa shape index (κ1) is 65.7. The van der Waals surface area contributed by atoms with E-state index in [9.17, 15) is 0 Å². The summed E-state index contributed by atoms with van der Waals surface area (Å²) < 4.78 is 54.5. The molecule has 0 spiro atoms. The third-order valence-corrected chi connectivity index (χ3v) is 34.1. The Kier molecular flexibility index (Phi) is 19.7. The maximum absolute atomic E-state index is 9.08. The van der Waals surface area contributed by atoms with Gasteiger partial charge in [0.1, 0.15) is 0 Å². The molecule has 4 N–H and O–H groups in total. The van der Waals surface area contributed by atoms with Crippen LogP contribution >= 0.6 is 15.8 Å². The second-order valence-corrected chi connectivity index (χ2v) is 41.9. The van der Waals surface area contributed by atoms with Crippen molar-refractivity contribution >= 4 is 47.2 Å². The van der Waals surface area contributed by atoms with Crippen LogP contribution in [0.15, 0.2) is 97.1 Å². The molecule has 8 nitrogen and oxygen atoms in total. The zero-order valence-electron chi connectivity index (χ0n) is 52.8. The van der Waals surface area contributed by atoms with Crippen LogP contribution in [0.25, 0.3) is 11.1 Å². The van der Waals surface area contributed by atoms with E-state index in [-0.39, 0.29) is 47.3 Å². The summed E-state index contributed by atoms with van der Waals surface area (Å²) in [5, 5.41) is 3.11. The van der Waals surface area contributed by atoms with Crippen LogP contribution in [0.5, 0.6) is 0 Å². The molecule has 13 heteroatoms. The van der Waals surface area contributed by atoms with Crippen LogP contribution in [-0.2, 0) is 40.7 Å². The number of unbranched alkanes of at least 4 members (excludes halogenated alkanes) is 2. The van der Waals surface area contributed by atoms with Crippen molar-refractivity contribution in [1.82, 2.24) is 0 Å². The molecule has 0 saturated heterocycles. The standard InChI is InChI=1S/2C36H50NP.2CH4O3S.Pd/c2*37-36(11-5-4-10-33(36)32-8-2-1-3-9-32)12-6-7-13-38(34-20-26-14-27(21-34)16-28(15-26)22-34)35-23-29-17-30(24-35)19-31(18-29)25-35;2*1-5(2,3)4;/h2*1-5,8-10,26-31H,6-7,11-25,37H2;2*1H3,(H,2,3,4);/q;;;;+2/p-2. The van der Waals surface area contributed by atoms with Crippen LogP contribution in [0, 0.1) is 71.0 Å². The van der Waals surface area contributed by atoms with Gasteiger partial charge in [0.15, 0.2) is 0 Å². The molecule has 16 saturated carbocycles. The maximum Gasteiger partial charge on any atom is 2.00 e. The molecular formula is C74H106N2O6P2PdS2. The van der Waals surface area contributed by atoms with Crippen molar-refractivity contribution in [1.29, 1.82) is 0 Å². The molecule has 87 heavy (non-hydrogen) atoms. The van der Waals surface area contributed by atoms with Gasteiger partial charge in [0.2, 0.25) is 0 Å². The van der Waals surface area contributed by atoms with Gasteiger partial charge in [-0.3, -0.25) is 0 Å². The zero-order chi connectivity index (χ0) is 59.7. The fraction of sp³-hybridized carbons (Fsp3) is 0.730. The molecule has 2 unspecified atom stereocenters. The van der Waals surface area contributed by atoms with Gasteiger partial charge >= 0.3 is 20.4 Å². The Morgan fingerprint density at radius 1 is 0.402 bits per heavy atom. The van der Waals surface area contributed by atoms with Crippen LogP contribution in [0.4, 0.5) is 0 Å². The Hall–Kier alpha value is -1.34. The van der Waals surface area contributed by atoms with E-state index >= 15 is 0 Å². The van der Waals surface area contributed by atoms with Gasteiger partial charge in [-0.05, 0) is 319 Å². The Morgan fingerprint density at radius 2 is 0.621 bits per heavy atom. The molecule has 0 amide bonds. The summed E-state index contributed by atoms with van der Waals surface area (Å²) in [5.74, 6) is 13.2. The van der Waals surface area contributed by atoms with E-state index in [1.807, 2.05) is 0 Å². The van der Waals surface area contributed by atoms with Gasteiger partial charge in [0.05, 0.1) is 20.2 Å². The number of rotatable bonds is 16. The molecule has 2 aromatic rings. The summed E-state index contributed by atoms with van der Waals surface area (Å²) in [7, 11) is -7.59. The van der Waals surface area contributed by atoms with Crippen molar-refractivity contribution in [3.05, 3.63) is 108 Å². The van der Waals surface area contributed by atoms with Gasteiger partial charge in [-0.25, -0.2) is 16.8 Å². The Labute approximate surface area is 542 Å². The third kappa shape index (κ3) is 14.7. The molecule has 18 aliphatic carbocycles. The van der Waals surface area contributed by atoms with E-state index < -0.39 is 20.2 Å². The summed E-state index contributed by atoms with van der Waals surface area (Å²) in [4.78, 5) is 0. The van der Waals surface area contributed by atoms with Gasteiger partial charge in [0, 0.05) is 23.6 Å². The predicted molar refractivity (Wildman–Crippen MR) is 356 cm³/mol. The van der Waals surface area contributed by atoms with Gasteiger partial charge < -0.3 is 20.6 Å². The minimum atomic E-state index is -3.92. The van der Waals surface area contributed by atoms with Crippen molar-refractivity contribution in [2.45, 2.75) is 237 Å². The molecular weight excluding hydrogens is 1250 g/mol. The molecule has 20 rings (SSSR count). The minimum Gasteiger partial charge on any atom is -0.748 e. The predicted octanol–water partition coefficient (Wildman–Crippen LogP) is 17.0. The van der Waals surface area contributed by atoms with Crippen LogP contribution < -0.4 is 11.5 Å². The minimum absolute atomic E-state index is 0. The molecule has 0 radical (unpaired) electrons. The number of nitrogens with two attached hydrogens (primary N) is 2. The second kappa shape index (κ2) is 26.1. The fourth-order valence-electron chi connectivity index (χ4n) is 24.9. The maximum atomic E-state index is 9.08. The van der Waals surface area contributed by atoms with Crippen molar-refractivity contribution < 1.29 is 46.4 Å². The summed E-state index contributed by atoms with van der Waals surface area (Å²) in [6.07, 6.45) is 66.6. The molecule has 16 bridgehead atoms. The molecule has 16 fully saturated rings. The Balaban J connectivity index is 0.000000146. The summed E-state index contributed by atoms with van der Waals surface area (Å²) in [6.45, 7) is 0. The molecule has 18 aliphatic rings. The summed E-state index contributed by atoms with van der Waals surface area (Å²) in [6, 6.07) is 21.9. The van der Waals surface area contributed by atoms with Gasteiger partial charge in [-0.1, -0.05) is 126 Å². The van der Waals surface area contributed by atoms with E-state index in [1.165, 1.54) is 48.0 Å². The van der Waals surface area contributed by atoms with Crippen LogP contribution in [0.3, 0.4) is 0 Å². The molecule has 2 atom stereocenters. The quantitative estimate of drug-likeness (QED) is 0.0725. The smallest absolute Gasteiger partial charge is 0.748 e. The van der Waals surface area contributed by atoms with Crippen molar-refractivity contribution in [3.63, 3.8) is 0 Å². The molecule has 2 aromatic carbocycles. The molecule has 0 aromatic heterocycles. The van der Waals surface area contributed by atoms with Crippen LogP contribution in [-0.4, -0.2) is 82.5 Å². The average Bonchev–Trinajstić information content (AvgIpc) is 0.815. The van der Waals surface area contributed by atoms with E-state index in [4.69, 9.17) is 37.4 Å². The number of benzene rings is 2. The largest absolute Gasteiger partial charge is 2.00 e. The first-order chi connectivity index (χ1) is 41.0. The van der Waals surface area contributed by atoms with Crippen LogP contribution in [0.1, 0.15) is 217 Å². The number of hydrogen-bond acceptors (Lipinski definition) is 8. The first-order valence-electron chi connectivity index (χ1n) is 34.8. The Bertz CT molecular complexity index is 2640. The monoisotopic (exact) mass is 1350 g/mol. The van der Waals surface area contributed by atoms with Crippen molar-refractivity contribution in [2.24, 2.45) is 82.5 Å².